The Bertz CT molecular complexity index is 1230. The molecule has 0 atom stereocenters. The van der Waals surface area contributed by atoms with Crippen LogP contribution in [0.3, 0.4) is 0 Å². The number of nitrogens with one attached hydrogen (secondary N) is 2. The summed E-state index contributed by atoms with van der Waals surface area (Å²) in [6.07, 6.45) is 6.12. The van der Waals surface area contributed by atoms with Gasteiger partial charge in [0, 0.05) is 51.1 Å². The Labute approximate surface area is 212 Å². The molecule has 0 aliphatic rings. The van der Waals surface area contributed by atoms with Gasteiger partial charge in [0.25, 0.3) is 0 Å². The van der Waals surface area contributed by atoms with E-state index in [0.29, 0.717) is 24.3 Å². The second kappa shape index (κ2) is 13.3. The molecule has 37 heavy (non-hydrogen) atoms. The Morgan fingerprint density at radius 2 is 1.78 bits per heavy atom. The number of aliphatic imine (C=N–C) groups is 1. The highest BCUT2D eigenvalue weighted by atomic mass is 19.4. The standard InChI is InChI=1S/C26H27F3N6O2/c1-30-16-22(5-3-4-10-37-2)35-25-32-13-20(14-33-25)19-8-6-18(7-9-19)11-24(36)34-23-12-21(15-31-17-23)26(27,28)29/h5-9,12-17H,3-4,10-11H2,1-2H3,(H,34,36)(H,32,33,35)/b22-5+,30-16?. The smallest absolute Gasteiger partial charge is 0.385 e. The van der Waals surface area contributed by atoms with Crippen molar-refractivity contribution < 1.29 is 22.7 Å². The van der Waals surface area contributed by atoms with Gasteiger partial charge in [-0.15, -0.1) is 0 Å². The molecule has 0 aliphatic carbocycles. The van der Waals surface area contributed by atoms with Gasteiger partial charge < -0.3 is 15.4 Å². The van der Waals surface area contributed by atoms with Crippen LogP contribution in [0.25, 0.3) is 11.1 Å². The summed E-state index contributed by atoms with van der Waals surface area (Å²) in [5, 5.41) is 5.59. The van der Waals surface area contributed by atoms with E-state index in [1.54, 1.807) is 44.9 Å². The summed E-state index contributed by atoms with van der Waals surface area (Å²) in [5.41, 5.74) is 2.18. The zero-order chi connectivity index (χ0) is 26.7. The molecule has 0 saturated carbocycles. The monoisotopic (exact) mass is 512 g/mol. The van der Waals surface area contributed by atoms with Crippen LogP contribution in [0, 0.1) is 0 Å². The van der Waals surface area contributed by atoms with Gasteiger partial charge in [0.15, 0.2) is 0 Å². The lowest BCUT2D eigenvalue weighted by molar-refractivity contribution is -0.137. The van der Waals surface area contributed by atoms with E-state index in [2.05, 4.69) is 30.6 Å². The van der Waals surface area contributed by atoms with E-state index in [0.717, 1.165) is 35.7 Å². The predicted octanol–water partition coefficient (Wildman–Crippen LogP) is 5.16. The zero-order valence-electron chi connectivity index (χ0n) is 20.4. The van der Waals surface area contributed by atoms with E-state index in [1.807, 2.05) is 18.2 Å². The molecule has 0 radical (unpaired) electrons. The number of methoxy groups -OCH3 is 1. The van der Waals surface area contributed by atoms with Crippen LogP contribution in [-0.4, -0.2) is 47.8 Å². The number of halogens is 3. The Kier molecular flexibility index (Phi) is 9.84. The number of ether oxygens (including phenoxy) is 1. The summed E-state index contributed by atoms with van der Waals surface area (Å²) >= 11 is 0. The van der Waals surface area contributed by atoms with Crippen molar-refractivity contribution in [1.29, 1.82) is 0 Å². The number of allylic oxidation sites excluding steroid dienone is 2. The number of hydrogen-bond donors (Lipinski definition) is 2. The summed E-state index contributed by atoms with van der Waals surface area (Å²) in [6.45, 7) is 0.676. The highest BCUT2D eigenvalue weighted by Gasteiger charge is 2.31. The van der Waals surface area contributed by atoms with Crippen molar-refractivity contribution in [3.8, 4) is 11.1 Å². The second-order valence-corrected chi connectivity index (χ2v) is 7.98. The summed E-state index contributed by atoms with van der Waals surface area (Å²) in [7, 11) is 3.35. The van der Waals surface area contributed by atoms with Gasteiger partial charge in [-0.2, -0.15) is 13.2 Å². The van der Waals surface area contributed by atoms with E-state index >= 15 is 0 Å². The summed E-state index contributed by atoms with van der Waals surface area (Å²) in [5.74, 6) is -0.0200. The molecule has 3 rings (SSSR count). The van der Waals surface area contributed by atoms with E-state index in [4.69, 9.17) is 4.74 Å². The maximum atomic E-state index is 12.8. The first-order valence-corrected chi connectivity index (χ1v) is 11.4. The van der Waals surface area contributed by atoms with Crippen LogP contribution >= 0.6 is 0 Å². The minimum atomic E-state index is -4.53. The molecule has 11 heteroatoms. The van der Waals surface area contributed by atoms with Gasteiger partial charge >= 0.3 is 6.18 Å². The average molecular weight is 513 g/mol. The molecule has 0 unspecified atom stereocenters. The van der Waals surface area contributed by atoms with Crippen LogP contribution in [0.1, 0.15) is 24.0 Å². The summed E-state index contributed by atoms with van der Waals surface area (Å²) in [6, 6.07) is 8.03. The Morgan fingerprint density at radius 1 is 1.05 bits per heavy atom. The van der Waals surface area contributed by atoms with Crippen LogP contribution in [0.15, 0.2) is 71.9 Å². The molecule has 3 aromatic rings. The summed E-state index contributed by atoms with van der Waals surface area (Å²) < 4.78 is 43.5. The van der Waals surface area contributed by atoms with Crippen LogP contribution in [0.5, 0.6) is 0 Å². The van der Waals surface area contributed by atoms with E-state index in [-0.39, 0.29) is 12.1 Å². The van der Waals surface area contributed by atoms with Gasteiger partial charge in [-0.25, -0.2) is 9.97 Å². The number of carbonyl (C=O) groups is 1. The molecule has 0 spiro atoms. The van der Waals surface area contributed by atoms with Crippen molar-refractivity contribution in [3.63, 3.8) is 0 Å². The molecular weight excluding hydrogens is 485 g/mol. The maximum absolute atomic E-state index is 12.8. The Balaban J connectivity index is 1.59. The lowest BCUT2D eigenvalue weighted by Crippen LogP contribution is -2.15. The highest BCUT2D eigenvalue weighted by Crippen LogP contribution is 2.30. The van der Waals surface area contributed by atoms with Crippen molar-refractivity contribution in [2.45, 2.75) is 25.4 Å². The number of unbranched alkanes of at least 4 members (excludes halogenated alkanes) is 1. The number of hydrogen-bond acceptors (Lipinski definition) is 7. The van der Waals surface area contributed by atoms with Crippen molar-refractivity contribution in [2.24, 2.45) is 4.99 Å². The van der Waals surface area contributed by atoms with Crippen LogP contribution in [-0.2, 0) is 22.1 Å². The highest BCUT2D eigenvalue weighted by molar-refractivity contribution is 5.92. The molecule has 2 heterocycles. The molecule has 0 fully saturated rings. The molecule has 2 N–H and O–H groups in total. The molecule has 0 bridgehead atoms. The lowest BCUT2D eigenvalue weighted by Gasteiger charge is -2.10. The first-order valence-electron chi connectivity index (χ1n) is 11.4. The fourth-order valence-electron chi connectivity index (χ4n) is 3.30. The molecule has 1 amide bonds. The molecule has 0 aliphatic heterocycles. The molecule has 2 aromatic heterocycles. The SMILES string of the molecule is CN=C/C(=C\CCCOC)Nc1ncc(-c2ccc(CC(=O)Nc3cncc(C(F)(F)F)c3)cc2)cn1. The largest absolute Gasteiger partial charge is 0.417 e. The number of rotatable bonds is 11. The number of pyridine rings is 1. The quantitative estimate of drug-likeness (QED) is 0.272. The van der Waals surface area contributed by atoms with Crippen LogP contribution < -0.4 is 10.6 Å². The Morgan fingerprint density at radius 3 is 2.43 bits per heavy atom. The maximum Gasteiger partial charge on any atom is 0.417 e. The minimum Gasteiger partial charge on any atom is -0.385 e. The third kappa shape index (κ3) is 8.80. The molecule has 8 nitrogen and oxygen atoms in total. The lowest BCUT2D eigenvalue weighted by atomic mass is 10.0. The van der Waals surface area contributed by atoms with Gasteiger partial charge in [-0.1, -0.05) is 30.3 Å². The number of alkyl halides is 3. The fourth-order valence-corrected chi connectivity index (χ4v) is 3.30. The minimum absolute atomic E-state index is 0.00560. The topological polar surface area (TPSA) is 101 Å². The average Bonchev–Trinajstić information content (AvgIpc) is 2.87. The van der Waals surface area contributed by atoms with Crippen molar-refractivity contribution >= 4 is 23.8 Å². The van der Waals surface area contributed by atoms with Gasteiger partial charge in [-0.3, -0.25) is 14.8 Å². The van der Waals surface area contributed by atoms with Crippen molar-refractivity contribution in [3.05, 3.63) is 78.0 Å². The van der Waals surface area contributed by atoms with Gasteiger partial charge in [0.1, 0.15) is 0 Å². The van der Waals surface area contributed by atoms with Crippen molar-refractivity contribution in [2.75, 3.05) is 31.4 Å². The third-order valence-electron chi connectivity index (χ3n) is 5.09. The molecule has 194 valence electrons. The number of aromatic nitrogens is 3. The normalized spacial score (nSPS) is 12.1. The number of nitrogens with zero attached hydrogens (tertiary/aromatic N) is 4. The van der Waals surface area contributed by atoms with E-state index in [9.17, 15) is 18.0 Å². The fraction of sp³-hybridized carbons (Fsp3) is 0.269. The zero-order valence-corrected chi connectivity index (χ0v) is 20.4. The second-order valence-electron chi connectivity index (χ2n) is 7.98. The molecule has 1 aromatic carbocycles. The van der Waals surface area contributed by atoms with E-state index in [1.165, 1.54) is 6.20 Å². The number of carbonyl (C=O) groups excluding carboxylic acids is 1. The van der Waals surface area contributed by atoms with Crippen LogP contribution in [0.2, 0.25) is 0 Å². The number of anilines is 2. The van der Waals surface area contributed by atoms with Crippen molar-refractivity contribution in [1.82, 2.24) is 15.0 Å². The summed E-state index contributed by atoms with van der Waals surface area (Å²) in [4.78, 5) is 28.6. The third-order valence-corrected chi connectivity index (χ3v) is 5.09. The van der Waals surface area contributed by atoms with Gasteiger partial charge in [-0.05, 0) is 30.0 Å². The molecule has 0 saturated heterocycles. The first kappa shape index (κ1) is 27.5. The Hall–Kier alpha value is -4.12. The van der Waals surface area contributed by atoms with Gasteiger partial charge in [0.05, 0.1) is 29.6 Å². The predicted molar refractivity (Wildman–Crippen MR) is 136 cm³/mol. The van der Waals surface area contributed by atoms with Gasteiger partial charge in [0.2, 0.25) is 11.9 Å². The number of amides is 1. The molecular formula is C26H27F3N6O2. The first-order chi connectivity index (χ1) is 17.8. The van der Waals surface area contributed by atoms with Crippen LogP contribution in [0.4, 0.5) is 24.8 Å². The van der Waals surface area contributed by atoms with E-state index < -0.39 is 17.6 Å². The number of benzene rings is 1.